The summed E-state index contributed by atoms with van der Waals surface area (Å²) in [5.74, 6) is 1.24. The van der Waals surface area contributed by atoms with Gasteiger partial charge in [0, 0.05) is 24.1 Å². The summed E-state index contributed by atoms with van der Waals surface area (Å²) < 4.78 is 5.79. The van der Waals surface area contributed by atoms with Crippen molar-refractivity contribution in [3.8, 4) is 22.9 Å². The van der Waals surface area contributed by atoms with Crippen LogP contribution >= 0.6 is 0 Å². The van der Waals surface area contributed by atoms with E-state index in [4.69, 9.17) is 16.2 Å². The van der Waals surface area contributed by atoms with Crippen molar-refractivity contribution in [1.82, 2.24) is 15.0 Å². The number of rotatable bonds is 3. The molecule has 0 aliphatic rings. The molecule has 0 atom stereocenters. The number of benzene rings is 1. The van der Waals surface area contributed by atoms with Crippen molar-refractivity contribution in [3.05, 3.63) is 54.9 Å². The van der Waals surface area contributed by atoms with Crippen LogP contribution in [0.25, 0.3) is 11.3 Å². The zero-order chi connectivity index (χ0) is 14.7. The number of nitrogens with two attached hydrogens (primary N) is 2. The number of ether oxygens (including phenoxy) is 1. The van der Waals surface area contributed by atoms with Crippen LogP contribution in [-0.4, -0.2) is 15.0 Å². The quantitative estimate of drug-likeness (QED) is 0.714. The molecular weight excluding hydrogens is 266 g/mol. The Kier molecular flexibility index (Phi) is 3.34. The minimum absolute atomic E-state index is 0.200. The van der Waals surface area contributed by atoms with E-state index < -0.39 is 0 Å². The third-order valence-corrected chi connectivity index (χ3v) is 2.79. The minimum Gasteiger partial charge on any atom is -0.438 e. The Labute approximate surface area is 121 Å². The van der Waals surface area contributed by atoms with Gasteiger partial charge in [0.05, 0.1) is 11.3 Å². The maximum Gasteiger partial charge on any atom is 0.228 e. The van der Waals surface area contributed by atoms with Gasteiger partial charge < -0.3 is 16.2 Å². The molecule has 0 unspecified atom stereocenters. The molecular formula is C15H13N5O. The minimum atomic E-state index is 0.200. The molecule has 2 aromatic heterocycles. The first-order valence-corrected chi connectivity index (χ1v) is 6.30. The van der Waals surface area contributed by atoms with Gasteiger partial charge in [0.1, 0.15) is 5.75 Å². The number of hydrogen-bond acceptors (Lipinski definition) is 6. The zero-order valence-electron chi connectivity index (χ0n) is 11.1. The Hall–Kier alpha value is -3.15. The molecule has 21 heavy (non-hydrogen) atoms. The second kappa shape index (κ2) is 5.46. The molecule has 6 nitrogen and oxygen atoms in total. The lowest BCUT2D eigenvalue weighted by atomic mass is 10.2. The highest BCUT2D eigenvalue weighted by molar-refractivity contribution is 5.65. The molecule has 0 fully saturated rings. The molecule has 3 rings (SSSR count). The van der Waals surface area contributed by atoms with Gasteiger partial charge in [0.15, 0.2) is 0 Å². The van der Waals surface area contributed by atoms with Crippen molar-refractivity contribution in [2.45, 2.75) is 0 Å². The van der Waals surface area contributed by atoms with Gasteiger partial charge in [0.25, 0.3) is 0 Å². The van der Waals surface area contributed by atoms with Crippen LogP contribution in [0.3, 0.4) is 0 Å². The lowest BCUT2D eigenvalue weighted by Crippen LogP contribution is -1.97. The predicted octanol–water partition coefficient (Wildman–Crippen LogP) is 2.50. The van der Waals surface area contributed by atoms with Gasteiger partial charge in [-0.25, -0.2) is 15.0 Å². The smallest absolute Gasteiger partial charge is 0.228 e. The van der Waals surface area contributed by atoms with Crippen molar-refractivity contribution in [2.75, 3.05) is 11.5 Å². The van der Waals surface area contributed by atoms with E-state index in [0.717, 1.165) is 5.56 Å². The van der Waals surface area contributed by atoms with E-state index in [2.05, 4.69) is 15.0 Å². The molecule has 0 aliphatic carbocycles. The maximum absolute atomic E-state index is 5.79. The van der Waals surface area contributed by atoms with Crippen LogP contribution < -0.4 is 16.2 Å². The van der Waals surface area contributed by atoms with Crippen LogP contribution in [0.5, 0.6) is 11.6 Å². The zero-order valence-corrected chi connectivity index (χ0v) is 11.1. The Morgan fingerprint density at radius 3 is 2.62 bits per heavy atom. The van der Waals surface area contributed by atoms with Gasteiger partial charge in [-0.05, 0) is 30.3 Å². The molecule has 1 aromatic carbocycles. The Morgan fingerprint density at radius 1 is 0.905 bits per heavy atom. The lowest BCUT2D eigenvalue weighted by molar-refractivity contribution is 0.465. The summed E-state index contributed by atoms with van der Waals surface area (Å²) in [6.45, 7) is 0. The second-order valence-electron chi connectivity index (χ2n) is 4.33. The van der Waals surface area contributed by atoms with Crippen molar-refractivity contribution in [3.63, 3.8) is 0 Å². The van der Waals surface area contributed by atoms with E-state index >= 15 is 0 Å². The molecule has 4 N–H and O–H groups in total. The van der Waals surface area contributed by atoms with Crippen molar-refractivity contribution in [1.29, 1.82) is 0 Å². The normalized spacial score (nSPS) is 10.3. The van der Waals surface area contributed by atoms with Crippen molar-refractivity contribution >= 4 is 11.6 Å². The molecule has 0 aliphatic heterocycles. The summed E-state index contributed by atoms with van der Waals surface area (Å²) in [6.07, 6.45) is 3.24. The molecule has 0 spiro atoms. The van der Waals surface area contributed by atoms with E-state index in [9.17, 15) is 0 Å². The van der Waals surface area contributed by atoms with Crippen LogP contribution in [0.4, 0.5) is 11.6 Å². The fraction of sp³-hybridized carbons (Fsp3) is 0. The summed E-state index contributed by atoms with van der Waals surface area (Å²) in [6, 6.07) is 12.6. The third-order valence-electron chi connectivity index (χ3n) is 2.79. The average Bonchev–Trinajstić information content (AvgIpc) is 2.48. The average molecular weight is 279 g/mol. The second-order valence-corrected chi connectivity index (χ2v) is 4.33. The number of aromatic nitrogens is 3. The van der Waals surface area contributed by atoms with Gasteiger partial charge in [-0.2, -0.15) is 0 Å². The van der Waals surface area contributed by atoms with Crippen LogP contribution in [-0.2, 0) is 0 Å². The lowest BCUT2D eigenvalue weighted by Gasteiger charge is -2.10. The molecule has 6 heteroatoms. The molecule has 104 valence electrons. The van der Waals surface area contributed by atoms with Crippen molar-refractivity contribution < 1.29 is 4.74 Å². The van der Waals surface area contributed by atoms with Crippen LogP contribution in [0.15, 0.2) is 54.9 Å². The van der Waals surface area contributed by atoms with E-state index in [1.165, 1.54) is 0 Å². The van der Waals surface area contributed by atoms with Crippen molar-refractivity contribution in [2.24, 2.45) is 0 Å². The third kappa shape index (κ3) is 2.89. The van der Waals surface area contributed by atoms with Gasteiger partial charge in [-0.3, -0.25) is 0 Å². The number of pyridine rings is 1. The molecule has 0 radical (unpaired) electrons. The molecule has 0 saturated carbocycles. The molecule has 0 saturated heterocycles. The maximum atomic E-state index is 5.79. The highest BCUT2D eigenvalue weighted by atomic mass is 16.5. The van der Waals surface area contributed by atoms with Crippen LogP contribution in [0, 0.1) is 0 Å². The first kappa shape index (κ1) is 12.9. The number of nitrogens with zero attached hydrogens (tertiary/aromatic N) is 3. The monoisotopic (exact) mass is 279 g/mol. The molecule has 0 bridgehead atoms. The summed E-state index contributed by atoms with van der Waals surface area (Å²) in [7, 11) is 0. The molecule has 0 amide bonds. The number of nitrogen functional groups attached to an aromatic ring is 2. The Bertz CT molecular complexity index is 775. The first-order chi connectivity index (χ1) is 10.2. The van der Waals surface area contributed by atoms with Crippen LogP contribution in [0.2, 0.25) is 0 Å². The van der Waals surface area contributed by atoms with E-state index in [-0.39, 0.29) is 5.95 Å². The van der Waals surface area contributed by atoms with Gasteiger partial charge in [-0.15, -0.1) is 0 Å². The van der Waals surface area contributed by atoms with E-state index in [1.807, 2.05) is 18.2 Å². The SMILES string of the molecule is Nc1cccc(Oc2ncccc2-c2ccnc(N)n2)c1. The van der Waals surface area contributed by atoms with Gasteiger partial charge in [-0.1, -0.05) is 6.07 Å². The van der Waals surface area contributed by atoms with E-state index in [1.54, 1.807) is 36.7 Å². The fourth-order valence-corrected chi connectivity index (χ4v) is 1.88. The number of anilines is 2. The fourth-order valence-electron chi connectivity index (χ4n) is 1.88. The van der Waals surface area contributed by atoms with E-state index in [0.29, 0.717) is 23.0 Å². The summed E-state index contributed by atoms with van der Waals surface area (Å²) in [5, 5.41) is 0. The highest BCUT2D eigenvalue weighted by Crippen LogP contribution is 2.30. The topological polar surface area (TPSA) is 99.9 Å². The largest absolute Gasteiger partial charge is 0.438 e. The molecule has 3 aromatic rings. The summed E-state index contributed by atoms with van der Waals surface area (Å²) in [5.41, 5.74) is 13.4. The predicted molar refractivity (Wildman–Crippen MR) is 80.6 cm³/mol. The highest BCUT2D eigenvalue weighted by Gasteiger charge is 2.10. The van der Waals surface area contributed by atoms with Gasteiger partial charge in [0.2, 0.25) is 11.8 Å². The standard InChI is InChI=1S/C15H13N5O/c16-10-3-1-4-11(9-10)21-14-12(5-2-7-18-14)13-6-8-19-15(17)20-13/h1-9H,16H2,(H2,17,19,20). The molecule has 2 heterocycles. The first-order valence-electron chi connectivity index (χ1n) is 6.30. The Balaban J connectivity index is 2.00. The van der Waals surface area contributed by atoms with Gasteiger partial charge >= 0.3 is 0 Å². The van der Waals surface area contributed by atoms with Crippen LogP contribution in [0.1, 0.15) is 0 Å². The Morgan fingerprint density at radius 2 is 1.81 bits per heavy atom. The summed E-state index contributed by atoms with van der Waals surface area (Å²) >= 11 is 0. The number of hydrogen-bond donors (Lipinski definition) is 2. The summed E-state index contributed by atoms with van der Waals surface area (Å²) in [4.78, 5) is 12.3.